The molecule has 0 aliphatic carbocycles. The third-order valence-corrected chi connectivity index (χ3v) is 3.77. The van der Waals surface area contributed by atoms with Crippen molar-refractivity contribution >= 4 is 0 Å². The summed E-state index contributed by atoms with van der Waals surface area (Å²) in [4.78, 5) is 0. The first-order valence-electron chi connectivity index (χ1n) is 7.88. The zero-order valence-electron chi connectivity index (χ0n) is 13.8. The number of aryl methyl sites for hydroxylation is 2. The van der Waals surface area contributed by atoms with E-state index in [0.717, 1.165) is 19.4 Å². The smallest absolute Gasteiger partial charge is 0.0543 e. The average molecular weight is 277 g/mol. The molecule has 0 aliphatic heterocycles. The maximum atomic E-state index is 5.37. The molecule has 0 saturated carbocycles. The number of benzene rings is 1. The van der Waals surface area contributed by atoms with Crippen LogP contribution in [0, 0.1) is 13.8 Å². The van der Waals surface area contributed by atoms with Crippen LogP contribution < -0.4 is 5.32 Å². The molecule has 1 N–H and O–H groups in total. The van der Waals surface area contributed by atoms with Crippen molar-refractivity contribution in [2.24, 2.45) is 0 Å². The van der Waals surface area contributed by atoms with Gasteiger partial charge in [0, 0.05) is 13.2 Å². The van der Waals surface area contributed by atoms with Crippen molar-refractivity contribution in [1.82, 2.24) is 5.32 Å². The fourth-order valence-corrected chi connectivity index (χ4v) is 2.65. The largest absolute Gasteiger partial charge is 0.382 e. The minimum absolute atomic E-state index is 0.347. The molecule has 0 bridgehead atoms. The lowest BCUT2D eigenvalue weighted by molar-refractivity contribution is 0.106. The molecular formula is C18H31NO. The van der Waals surface area contributed by atoms with Crippen LogP contribution in [0.5, 0.6) is 0 Å². The zero-order chi connectivity index (χ0) is 15.0. The Labute approximate surface area is 124 Å². The lowest BCUT2D eigenvalue weighted by atomic mass is 9.97. The Hall–Kier alpha value is -0.860. The van der Waals surface area contributed by atoms with Crippen molar-refractivity contribution < 1.29 is 4.74 Å². The second-order valence-corrected chi connectivity index (χ2v) is 5.97. The average Bonchev–Trinajstić information content (AvgIpc) is 2.40. The normalized spacial score (nSPS) is 14.2. The van der Waals surface area contributed by atoms with Crippen LogP contribution in [0.15, 0.2) is 18.2 Å². The summed E-state index contributed by atoms with van der Waals surface area (Å²) < 4.78 is 5.37. The van der Waals surface area contributed by atoms with E-state index >= 15 is 0 Å². The molecule has 0 fully saturated rings. The molecule has 2 nitrogen and oxygen atoms in total. The van der Waals surface area contributed by atoms with Crippen LogP contribution in [0.2, 0.25) is 0 Å². The maximum Gasteiger partial charge on any atom is 0.0543 e. The molecule has 0 spiro atoms. The number of ether oxygens (including phenoxy) is 1. The molecule has 0 saturated heterocycles. The van der Waals surface area contributed by atoms with Crippen LogP contribution >= 0.6 is 0 Å². The van der Waals surface area contributed by atoms with Gasteiger partial charge in [-0.3, -0.25) is 0 Å². The number of hydrogen-bond acceptors (Lipinski definition) is 2. The molecule has 0 radical (unpaired) electrons. The number of hydrogen-bond donors (Lipinski definition) is 1. The van der Waals surface area contributed by atoms with E-state index in [-0.39, 0.29) is 0 Å². The van der Waals surface area contributed by atoms with E-state index in [2.05, 4.69) is 51.2 Å². The SMILES string of the molecule is CCCNC(CCC(C)OC)Cc1cc(C)cc(C)c1. The summed E-state index contributed by atoms with van der Waals surface area (Å²) in [6, 6.07) is 7.42. The summed E-state index contributed by atoms with van der Waals surface area (Å²) in [6.45, 7) is 9.82. The van der Waals surface area contributed by atoms with Crippen LogP contribution in [-0.2, 0) is 11.2 Å². The Kier molecular flexibility index (Phi) is 7.86. The second-order valence-electron chi connectivity index (χ2n) is 5.97. The van der Waals surface area contributed by atoms with Crippen LogP contribution in [-0.4, -0.2) is 25.8 Å². The summed E-state index contributed by atoms with van der Waals surface area (Å²) in [6.07, 6.45) is 4.92. The maximum absolute atomic E-state index is 5.37. The molecule has 1 aromatic rings. The van der Waals surface area contributed by atoms with E-state index in [0.29, 0.717) is 12.1 Å². The van der Waals surface area contributed by atoms with Crippen molar-refractivity contribution in [3.63, 3.8) is 0 Å². The van der Waals surface area contributed by atoms with Crippen molar-refractivity contribution in [3.8, 4) is 0 Å². The molecule has 114 valence electrons. The monoisotopic (exact) mass is 277 g/mol. The lowest BCUT2D eigenvalue weighted by Gasteiger charge is -2.21. The Morgan fingerprint density at radius 2 is 1.75 bits per heavy atom. The standard InChI is InChI=1S/C18H31NO/c1-6-9-19-18(8-7-16(4)20-5)13-17-11-14(2)10-15(3)12-17/h10-12,16,18-19H,6-9,13H2,1-5H3. The fourth-order valence-electron chi connectivity index (χ4n) is 2.65. The van der Waals surface area contributed by atoms with Crippen molar-refractivity contribution in [2.45, 2.75) is 65.5 Å². The van der Waals surface area contributed by atoms with Crippen LogP contribution in [0.4, 0.5) is 0 Å². The summed E-state index contributed by atoms with van der Waals surface area (Å²) in [5.41, 5.74) is 4.17. The third kappa shape index (κ3) is 6.53. The van der Waals surface area contributed by atoms with Crippen LogP contribution in [0.3, 0.4) is 0 Å². The predicted octanol–water partition coefficient (Wildman–Crippen LogP) is 4.03. The zero-order valence-corrected chi connectivity index (χ0v) is 13.8. The van der Waals surface area contributed by atoms with Crippen molar-refractivity contribution in [1.29, 1.82) is 0 Å². The molecular weight excluding hydrogens is 246 g/mol. The van der Waals surface area contributed by atoms with Crippen molar-refractivity contribution in [3.05, 3.63) is 34.9 Å². The van der Waals surface area contributed by atoms with Gasteiger partial charge in [-0.2, -0.15) is 0 Å². The van der Waals surface area contributed by atoms with Gasteiger partial charge >= 0.3 is 0 Å². The molecule has 0 amide bonds. The van der Waals surface area contributed by atoms with Crippen LogP contribution in [0.25, 0.3) is 0 Å². The minimum atomic E-state index is 0.347. The van der Waals surface area contributed by atoms with Gasteiger partial charge in [-0.25, -0.2) is 0 Å². The molecule has 0 heterocycles. The third-order valence-electron chi connectivity index (χ3n) is 3.77. The first kappa shape index (κ1) is 17.2. The summed E-state index contributed by atoms with van der Waals surface area (Å²) in [5.74, 6) is 0. The molecule has 2 atom stereocenters. The van der Waals surface area contributed by atoms with E-state index in [9.17, 15) is 0 Å². The van der Waals surface area contributed by atoms with E-state index in [1.807, 2.05) is 0 Å². The van der Waals surface area contributed by atoms with Gasteiger partial charge in [-0.05, 0) is 58.6 Å². The number of nitrogens with one attached hydrogen (secondary N) is 1. The van der Waals surface area contributed by atoms with Gasteiger partial charge in [0.1, 0.15) is 0 Å². The molecule has 1 aromatic carbocycles. The van der Waals surface area contributed by atoms with Gasteiger partial charge in [-0.15, -0.1) is 0 Å². The highest BCUT2D eigenvalue weighted by Crippen LogP contribution is 2.14. The first-order valence-corrected chi connectivity index (χ1v) is 7.88. The molecule has 1 rings (SSSR count). The minimum Gasteiger partial charge on any atom is -0.382 e. The van der Waals surface area contributed by atoms with E-state index in [1.54, 1.807) is 7.11 Å². The van der Waals surface area contributed by atoms with Gasteiger partial charge < -0.3 is 10.1 Å². The van der Waals surface area contributed by atoms with Gasteiger partial charge in [0.05, 0.1) is 6.10 Å². The quantitative estimate of drug-likeness (QED) is 0.736. The molecule has 0 aromatic heterocycles. The van der Waals surface area contributed by atoms with Gasteiger partial charge in [0.15, 0.2) is 0 Å². The van der Waals surface area contributed by atoms with Gasteiger partial charge in [0.2, 0.25) is 0 Å². The first-order chi connectivity index (χ1) is 9.55. The number of rotatable bonds is 9. The molecule has 0 aliphatic rings. The molecule has 20 heavy (non-hydrogen) atoms. The fraction of sp³-hybridized carbons (Fsp3) is 0.667. The van der Waals surface area contributed by atoms with Gasteiger partial charge in [0.25, 0.3) is 0 Å². The van der Waals surface area contributed by atoms with Gasteiger partial charge in [-0.1, -0.05) is 36.2 Å². The van der Waals surface area contributed by atoms with E-state index in [4.69, 9.17) is 4.74 Å². The second kappa shape index (κ2) is 9.15. The summed E-state index contributed by atoms with van der Waals surface area (Å²) in [5, 5.41) is 3.68. The predicted molar refractivity (Wildman–Crippen MR) is 87.4 cm³/mol. The topological polar surface area (TPSA) is 21.3 Å². The summed E-state index contributed by atoms with van der Waals surface area (Å²) in [7, 11) is 1.79. The Bertz CT molecular complexity index is 369. The highest BCUT2D eigenvalue weighted by Gasteiger charge is 2.11. The van der Waals surface area contributed by atoms with E-state index in [1.165, 1.54) is 29.5 Å². The van der Waals surface area contributed by atoms with Crippen LogP contribution in [0.1, 0.15) is 49.8 Å². The highest BCUT2D eigenvalue weighted by atomic mass is 16.5. The highest BCUT2D eigenvalue weighted by molar-refractivity contribution is 5.29. The lowest BCUT2D eigenvalue weighted by Crippen LogP contribution is -2.32. The van der Waals surface area contributed by atoms with E-state index < -0.39 is 0 Å². The number of methoxy groups -OCH3 is 1. The Morgan fingerprint density at radius 3 is 2.30 bits per heavy atom. The Balaban J connectivity index is 2.62. The summed E-state index contributed by atoms with van der Waals surface area (Å²) >= 11 is 0. The Morgan fingerprint density at radius 1 is 1.10 bits per heavy atom. The molecule has 2 heteroatoms. The van der Waals surface area contributed by atoms with Crippen molar-refractivity contribution in [2.75, 3.05) is 13.7 Å². The molecule has 2 unspecified atom stereocenters.